The fourth-order valence-electron chi connectivity index (χ4n) is 5.60. The van der Waals surface area contributed by atoms with Crippen LogP contribution in [0.15, 0.2) is 59.7 Å². The monoisotopic (exact) mass is 662 g/mol. The summed E-state index contributed by atoms with van der Waals surface area (Å²) in [6.45, 7) is 19.1. The van der Waals surface area contributed by atoms with E-state index < -0.39 is 0 Å². The van der Waals surface area contributed by atoms with Crippen molar-refractivity contribution in [3.8, 4) is 0 Å². The van der Waals surface area contributed by atoms with Crippen LogP contribution >= 0.6 is 0 Å². The minimum Gasteiger partial charge on any atom is -0.493 e. The Balaban J connectivity index is 0.00000322. The van der Waals surface area contributed by atoms with Crippen molar-refractivity contribution in [2.45, 2.75) is 138 Å². The van der Waals surface area contributed by atoms with E-state index in [2.05, 4.69) is 90.1 Å². The number of aryl methyl sites for hydroxylation is 2. The number of hydrogen-bond donors (Lipinski definition) is 0. The molecule has 0 bridgehead atoms. The molecule has 0 radical (unpaired) electrons. The number of benzene rings is 2. The van der Waals surface area contributed by atoms with Crippen molar-refractivity contribution in [1.29, 1.82) is 0 Å². The Labute approximate surface area is 274 Å². The third kappa shape index (κ3) is 12.4. The summed E-state index contributed by atoms with van der Waals surface area (Å²) in [7, 11) is 0. The van der Waals surface area contributed by atoms with Crippen molar-refractivity contribution < 1.29 is 25.1 Å². The van der Waals surface area contributed by atoms with E-state index in [0.717, 1.165) is 61.0 Å². The Morgan fingerprint density at radius 1 is 0.524 bits per heavy atom. The molecule has 3 rings (SSSR count). The van der Waals surface area contributed by atoms with Gasteiger partial charge in [-0.25, -0.2) is 4.70 Å². The molecular weight excluding hydrogens is 603 g/mol. The van der Waals surface area contributed by atoms with Crippen LogP contribution in [0.2, 0.25) is 0 Å². The molecule has 1 aliphatic rings. The molecule has 0 atom stereocenters. The fourth-order valence-corrected chi connectivity index (χ4v) is 5.60. The SMILES string of the molecule is CCCCCC1=C(c2cccc(CCCCC)c2)[N+](=[N-])C(c2cccc(CCCCC)c2)=C1CCCC.[CH2-]C.[CH2-]C.[Pd+2]. The third-order valence-corrected chi connectivity index (χ3v) is 7.71. The van der Waals surface area contributed by atoms with Gasteiger partial charge in [-0.15, -0.1) is 0 Å². The van der Waals surface area contributed by atoms with Gasteiger partial charge in [-0.3, -0.25) is 0 Å². The zero-order chi connectivity index (χ0) is 30.5. The minimum absolute atomic E-state index is 0. The second kappa shape index (κ2) is 24.6. The Bertz CT molecular complexity index is 1080. The topological polar surface area (TPSA) is 25.3 Å². The molecule has 236 valence electrons. The molecule has 0 aromatic heterocycles. The number of nitrogens with zero attached hydrogens (tertiary/aromatic N) is 2. The molecule has 0 N–H and O–H groups in total. The summed E-state index contributed by atoms with van der Waals surface area (Å²) in [5, 5.41) is 0. The van der Waals surface area contributed by atoms with E-state index in [-0.39, 0.29) is 20.4 Å². The maximum absolute atomic E-state index is 11.9. The van der Waals surface area contributed by atoms with Gasteiger partial charge in [0.1, 0.15) is 0 Å². The van der Waals surface area contributed by atoms with Gasteiger partial charge >= 0.3 is 20.4 Å². The van der Waals surface area contributed by atoms with E-state index in [4.69, 9.17) is 0 Å². The molecule has 0 spiro atoms. The van der Waals surface area contributed by atoms with Crippen molar-refractivity contribution in [3.63, 3.8) is 0 Å². The molecule has 2 aromatic rings. The van der Waals surface area contributed by atoms with Gasteiger partial charge in [0.05, 0.1) is 0 Å². The van der Waals surface area contributed by atoms with Crippen LogP contribution in [0.5, 0.6) is 0 Å². The fraction of sp³-hybridized carbons (Fsp3) is 0.538. The summed E-state index contributed by atoms with van der Waals surface area (Å²) in [6, 6.07) is 17.9. The summed E-state index contributed by atoms with van der Waals surface area (Å²) in [6.07, 6.45) is 17.6. The molecule has 3 heteroatoms. The number of rotatable bonds is 17. The van der Waals surface area contributed by atoms with Crippen LogP contribution in [-0.2, 0) is 33.3 Å². The zero-order valence-electron chi connectivity index (χ0n) is 27.9. The maximum Gasteiger partial charge on any atom is 2.00 e. The first-order valence-corrected chi connectivity index (χ1v) is 16.7. The molecule has 2 aromatic carbocycles. The van der Waals surface area contributed by atoms with E-state index in [1.165, 1.54) is 80.1 Å². The van der Waals surface area contributed by atoms with Crippen LogP contribution in [0.1, 0.15) is 147 Å². The van der Waals surface area contributed by atoms with E-state index in [0.29, 0.717) is 0 Å². The van der Waals surface area contributed by atoms with Gasteiger partial charge in [0.25, 0.3) is 0 Å². The molecule has 0 unspecified atom stereocenters. The number of hydrogen-bond acceptors (Lipinski definition) is 0. The molecule has 42 heavy (non-hydrogen) atoms. The normalized spacial score (nSPS) is 12.4. The molecule has 0 aliphatic carbocycles. The summed E-state index contributed by atoms with van der Waals surface area (Å²) < 4.78 is 1.56. The predicted molar refractivity (Wildman–Crippen MR) is 183 cm³/mol. The van der Waals surface area contributed by atoms with Gasteiger partial charge in [0.2, 0.25) is 11.4 Å². The average molecular weight is 663 g/mol. The smallest absolute Gasteiger partial charge is 0.493 e. The van der Waals surface area contributed by atoms with Crippen molar-refractivity contribution in [2.24, 2.45) is 0 Å². The molecule has 1 heterocycles. The standard InChI is InChI=1S/C35H50N2.2C2H5.Pd/c1-5-9-13-18-28-20-16-22-30(26-28)34-32(24-12-8-4)33(25-15-11-7-3)35(37(34)36)31-23-17-21-29(27-31)19-14-10-6-2;2*1-2;/h16-17,20-23,26-27H,5-15,18-19,24-25H2,1-4H3;2*1H2,2H3;/q;2*-1;+2. The molecule has 1 aliphatic heterocycles. The molecule has 0 saturated heterocycles. The Morgan fingerprint density at radius 3 is 1.26 bits per heavy atom. The van der Waals surface area contributed by atoms with E-state index >= 15 is 0 Å². The maximum atomic E-state index is 11.9. The molecule has 0 amide bonds. The minimum atomic E-state index is 0. The van der Waals surface area contributed by atoms with Crippen LogP contribution in [0, 0.1) is 13.8 Å². The van der Waals surface area contributed by atoms with E-state index in [9.17, 15) is 5.53 Å². The summed E-state index contributed by atoms with van der Waals surface area (Å²) in [5.41, 5.74) is 21.7. The second-order valence-corrected chi connectivity index (χ2v) is 10.8. The van der Waals surface area contributed by atoms with E-state index in [1.54, 1.807) is 18.5 Å². The van der Waals surface area contributed by atoms with Crippen molar-refractivity contribution in [1.82, 2.24) is 0 Å². The quantitative estimate of drug-likeness (QED) is 0.0697. The number of allylic oxidation sites excluding steroid dienone is 2. The molecular formula is C39H60N2Pd. The van der Waals surface area contributed by atoms with Crippen LogP contribution < -0.4 is 0 Å². The Hall–Kier alpha value is -1.82. The molecule has 0 fully saturated rings. The van der Waals surface area contributed by atoms with Gasteiger partial charge in [-0.05, 0) is 86.8 Å². The van der Waals surface area contributed by atoms with Crippen LogP contribution in [-0.4, -0.2) is 4.70 Å². The van der Waals surface area contributed by atoms with Gasteiger partial charge in [0.15, 0.2) is 0 Å². The first-order chi connectivity index (χ1) is 20.1. The van der Waals surface area contributed by atoms with Crippen molar-refractivity contribution >= 4 is 11.4 Å². The van der Waals surface area contributed by atoms with Gasteiger partial charge in [-0.2, -0.15) is 13.8 Å². The van der Waals surface area contributed by atoms with Gasteiger partial charge in [-0.1, -0.05) is 96.9 Å². The van der Waals surface area contributed by atoms with Crippen molar-refractivity contribution in [3.05, 3.63) is 101 Å². The van der Waals surface area contributed by atoms with Crippen LogP contribution in [0.4, 0.5) is 0 Å². The van der Waals surface area contributed by atoms with Gasteiger partial charge < -0.3 is 19.4 Å². The van der Waals surface area contributed by atoms with Gasteiger partial charge in [0, 0.05) is 22.3 Å². The first kappa shape index (κ1) is 40.2. The third-order valence-electron chi connectivity index (χ3n) is 7.71. The average Bonchev–Trinajstić information content (AvgIpc) is 3.29. The van der Waals surface area contributed by atoms with E-state index in [1.807, 2.05) is 0 Å². The predicted octanol–water partition coefficient (Wildman–Crippen LogP) is 12.8. The largest absolute Gasteiger partial charge is 2.00 e. The summed E-state index contributed by atoms with van der Waals surface area (Å²) in [4.78, 5) is 0. The second-order valence-electron chi connectivity index (χ2n) is 10.8. The zero-order valence-corrected chi connectivity index (χ0v) is 29.4. The Kier molecular flexibility index (Phi) is 23.5. The number of unbranched alkanes of at least 4 members (excludes halogenated alkanes) is 7. The summed E-state index contributed by atoms with van der Waals surface area (Å²) in [5.74, 6) is 0. The van der Waals surface area contributed by atoms with Crippen LogP contribution in [0.25, 0.3) is 16.9 Å². The molecule has 0 saturated carbocycles. The first-order valence-electron chi connectivity index (χ1n) is 16.7. The molecule has 2 nitrogen and oxygen atoms in total. The summed E-state index contributed by atoms with van der Waals surface area (Å²) >= 11 is 0. The Morgan fingerprint density at radius 2 is 0.881 bits per heavy atom. The van der Waals surface area contributed by atoms with Crippen LogP contribution in [0.3, 0.4) is 0 Å². The van der Waals surface area contributed by atoms with Crippen molar-refractivity contribution in [2.75, 3.05) is 0 Å².